The summed E-state index contributed by atoms with van der Waals surface area (Å²) in [5.74, 6) is -0.108. The summed E-state index contributed by atoms with van der Waals surface area (Å²) in [6.07, 6.45) is 1.98. The molecule has 3 rings (SSSR count). The number of sulfonamides is 1. The number of benzene rings is 1. The molecule has 0 saturated carbocycles. The summed E-state index contributed by atoms with van der Waals surface area (Å²) >= 11 is 2.66. The molecule has 0 saturated heterocycles. The van der Waals surface area contributed by atoms with Crippen molar-refractivity contribution in [3.8, 4) is 5.75 Å². The predicted molar refractivity (Wildman–Crippen MR) is 98.1 cm³/mol. The summed E-state index contributed by atoms with van der Waals surface area (Å²) in [6.45, 7) is 1.76. The van der Waals surface area contributed by atoms with Crippen molar-refractivity contribution in [1.82, 2.24) is 10.2 Å². The van der Waals surface area contributed by atoms with E-state index in [4.69, 9.17) is 4.74 Å². The average Bonchev–Trinajstić information content (AvgIpc) is 3.00. The van der Waals surface area contributed by atoms with Crippen LogP contribution in [-0.2, 0) is 14.8 Å². The number of fused-ring (bicyclic) bond motifs is 1. The van der Waals surface area contributed by atoms with Gasteiger partial charge in [0.15, 0.2) is 10.4 Å². The highest BCUT2D eigenvalue weighted by molar-refractivity contribution is 8.00. The maximum atomic E-state index is 12.5. The van der Waals surface area contributed by atoms with E-state index in [0.717, 1.165) is 16.2 Å². The molecule has 25 heavy (non-hydrogen) atoms. The molecule has 1 aliphatic rings. The minimum atomic E-state index is -3.55. The van der Waals surface area contributed by atoms with E-state index in [-0.39, 0.29) is 6.54 Å². The number of rotatable bonds is 4. The molecule has 8 nitrogen and oxygen atoms in total. The Bertz CT molecular complexity index is 913. The highest BCUT2D eigenvalue weighted by atomic mass is 32.2. The van der Waals surface area contributed by atoms with E-state index in [9.17, 15) is 13.2 Å². The van der Waals surface area contributed by atoms with Crippen LogP contribution in [0, 0.1) is 6.92 Å². The Balaban J connectivity index is 1.86. The summed E-state index contributed by atoms with van der Waals surface area (Å²) in [5.41, 5.74) is 1.33. The zero-order chi connectivity index (χ0) is 18.2. The number of ether oxygens (including phenoxy) is 1. The third-order valence-electron chi connectivity index (χ3n) is 3.49. The molecule has 1 unspecified atom stereocenters. The number of nitrogens with one attached hydrogen (secondary N) is 1. The first-order valence-electron chi connectivity index (χ1n) is 7.21. The fourth-order valence-electron chi connectivity index (χ4n) is 2.34. The summed E-state index contributed by atoms with van der Waals surface area (Å²) in [6, 6.07) is 5.19. The topological polar surface area (TPSA) is 101 Å². The summed E-state index contributed by atoms with van der Waals surface area (Å²) in [4.78, 5) is 12.5. The Morgan fingerprint density at radius 2 is 2.20 bits per heavy atom. The second-order valence-corrected chi connectivity index (χ2v) is 9.38. The fraction of sp³-hybridized carbons (Fsp3) is 0.357. The summed E-state index contributed by atoms with van der Waals surface area (Å²) < 4.78 is 31.9. The number of amides is 1. The average molecular weight is 401 g/mol. The van der Waals surface area contributed by atoms with E-state index in [1.807, 2.05) is 13.2 Å². The van der Waals surface area contributed by atoms with Gasteiger partial charge in [-0.05, 0) is 30.9 Å². The molecule has 0 radical (unpaired) electrons. The first-order valence-corrected chi connectivity index (χ1v) is 11.1. The Morgan fingerprint density at radius 1 is 1.44 bits per heavy atom. The van der Waals surface area contributed by atoms with Crippen LogP contribution in [0.15, 0.2) is 22.5 Å². The molecule has 134 valence electrons. The van der Waals surface area contributed by atoms with E-state index < -0.39 is 22.0 Å². The van der Waals surface area contributed by atoms with Gasteiger partial charge in [-0.1, -0.05) is 29.2 Å². The van der Waals surface area contributed by atoms with Gasteiger partial charge in [0.1, 0.15) is 5.75 Å². The van der Waals surface area contributed by atoms with Crippen LogP contribution in [0.3, 0.4) is 0 Å². The Hall–Kier alpha value is -1.85. The molecule has 0 bridgehead atoms. The highest BCUT2D eigenvalue weighted by Gasteiger charge is 2.35. The molecule has 1 aromatic heterocycles. The van der Waals surface area contributed by atoms with E-state index in [1.165, 1.54) is 27.4 Å². The maximum absolute atomic E-state index is 12.5. The van der Waals surface area contributed by atoms with E-state index >= 15 is 0 Å². The van der Waals surface area contributed by atoms with Crippen LogP contribution in [0.5, 0.6) is 5.75 Å². The lowest BCUT2D eigenvalue weighted by Gasteiger charge is -2.33. The van der Waals surface area contributed by atoms with Crippen molar-refractivity contribution < 1.29 is 17.9 Å². The highest BCUT2D eigenvalue weighted by Crippen LogP contribution is 2.36. The van der Waals surface area contributed by atoms with Crippen LogP contribution < -0.4 is 14.4 Å². The van der Waals surface area contributed by atoms with E-state index in [0.29, 0.717) is 16.6 Å². The summed E-state index contributed by atoms with van der Waals surface area (Å²) in [7, 11) is -3.55. The predicted octanol–water partition coefficient (Wildman–Crippen LogP) is 1.73. The Kier molecular flexibility index (Phi) is 4.89. The van der Waals surface area contributed by atoms with Crippen molar-refractivity contribution in [2.75, 3.05) is 28.7 Å². The minimum Gasteiger partial charge on any atom is -0.476 e. The van der Waals surface area contributed by atoms with Crippen molar-refractivity contribution in [3.05, 3.63) is 23.8 Å². The molecule has 1 N–H and O–H groups in total. The molecule has 2 heterocycles. The molecule has 0 fully saturated rings. The Labute approximate surface area is 153 Å². The van der Waals surface area contributed by atoms with Gasteiger partial charge in [-0.3, -0.25) is 14.4 Å². The van der Waals surface area contributed by atoms with Crippen molar-refractivity contribution in [2.24, 2.45) is 0 Å². The molecule has 1 aliphatic heterocycles. The fourth-order valence-corrected chi connectivity index (χ4v) is 4.43. The minimum absolute atomic E-state index is 0.102. The van der Waals surface area contributed by atoms with Gasteiger partial charge in [0.2, 0.25) is 15.2 Å². The standard InChI is InChI=1S/C14H16N4O4S3/c1-8-4-5-9-10(6-8)22-11(7-18(9)25(3,20)21)12(19)15-13-16-17-14(23-2)24-13/h4-6,11H,7H2,1-3H3,(H,15,16,19). The quantitative estimate of drug-likeness (QED) is 0.616. The zero-order valence-electron chi connectivity index (χ0n) is 13.7. The normalized spacial score (nSPS) is 16.9. The van der Waals surface area contributed by atoms with Crippen LogP contribution in [0.25, 0.3) is 0 Å². The number of anilines is 2. The van der Waals surface area contributed by atoms with Crippen molar-refractivity contribution in [3.63, 3.8) is 0 Å². The van der Waals surface area contributed by atoms with Gasteiger partial charge in [-0.25, -0.2) is 8.42 Å². The first kappa shape index (κ1) is 18.0. The number of thioether (sulfide) groups is 1. The molecular weight excluding hydrogens is 384 g/mol. The number of nitrogens with zero attached hydrogens (tertiary/aromatic N) is 3. The van der Waals surface area contributed by atoms with E-state index in [2.05, 4.69) is 15.5 Å². The number of aryl methyl sites for hydroxylation is 1. The van der Waals surface area contributed by atoms with Crippen molar-refractivity contribution in [2.45, 2.75) is 17.4 Å². The van der Waals surface area contributed by atoms with Gasteiger partial charge in [0.05, 0.1) is 18.5 Å². The van der Waals surface area contributed by atoms with Crippen LogP contribution in [0.2, 0.25) is 0 Å². The molecule has 2 aromatic rings. The lowest BCUT2D eigenvalue weighted by molar-refractivity contribution is -0.122. The van der Waals surface area contributed by atoms with Gasteiger partial charge in [-0.15, -0.1) is 10.2 Å². The van der Waals surface area contributed by atoms with Crippen LogP contribution in [0.1, 0.15) is 5.56 Å². The van der Waals surface area contributed by atoms with Crippen molar-refractivity contribution >= 4 is 49.8 Å². The number of aromatic nitrogens is 2. The summed E-state index contributed by atoms with van der Waals surface area (Å²) in [5, 5.41) is 10.8. The molecule has 1 atom stereocenters. The van der Waals surface area contributed by atoms with Crippen molar-refractivity contribution in [1.29, 1.82) is 0 Å². The van der Waals surface area contributed by atoms with Crippen LogP contribution >= 0.6 is 23.1 Å². The third-order valence-corrected chi connectivity index (χ3v) is 6.45. The smallest absolute Gasteiger partial charge is 0.269 e. The SMILES string of the molecule is CSc1nnc(NC(=O)C2CN(S(C)(=O)=O)c3ccc(C)cc3O2)s1. The van der Waals surface area contributed by atoms with Crippen LogP contribution in [0.4, 0.5) is 10.8 Å². The lowest BCUT2D eigenvalue weighted by Crippen LogP contribution is -2.48. The third kappa shape index (κ3) is 3.88. The maximum Gasteiger partial charge on any atom is 0.269 e. The van der Waals surface area contributed by atoms with Crippen LogP contribution in [-0.4, -0.2) is 49.7 Å². The molecule has 1 amide bonds. The molecule has 0 aliphatic carbocycles. The molecule has 11 heteroatoms. The zero-order valence-corrected chi connectivity index (χ0v) is 16.2. The lowest BCUT2D eigenvalue weighted by atomic mass is 10.1. The second-order valence-electron chi connectivity index (χ2n) is 5.44. The van der Waals surface area contributed by atoms with Gasteiger partial charge in [0.25, 0.3) is 5.91 Å². The molecular formula is C14H16N4O4S3. The largest absolute Gasteiger partial charge is 0.476 e. The number of carbonyl (C=O) groups excluding carboxylic acids is 1. The monoisotopic (exact) mass is 400 g/mol. The van der Waals surface area contributed by atoms with Gasteiger partial charge >= 0.3 is 0 Å². The molecule has 0 spiro atoms. The second kappa shape index (κ2) is 6.81. The number of hydrogen-bond donors (Lipinski definition) is 1. The Morgan fingerprint density at radius 3 is 2.84 bits per heavy atom. The number of hydrogen-bond acceptors (Lipinski definition) is 8. The first-order chi connectivity index (χ1) is 11.8. The number of carbonyl (C=O) groups is 1. The van der Waals surface area contributed by atoms with Gasteiger partial charge < -0.3 is 4.74 Å². The van der Waals surface area contributed by atoms with E-state index in [1.54, 1.807) is 18.2 Å². The van der Waals surface area contributed by atoms with Gasteiger partial charge in [0, 0.05) is 0 Å². The molecule has 1 aromatic carbocycles. The van der Waals surface area contributed by atoms with Gasteiger partial charge in [-0.2, -0.15) is 0 Å².